The van der Waals surface area contributed by atoms with Crippen molar-refractivity contribution in [1.29, 1.82) is 0 Å². The number of ether oxygens (including phenoxy) is 6. The average Bonchev–Trinajstić information content (AvgIpc) is 3.50. The fraction of sp³-hybridized carbons (Fsp3) is 0.296. The molecule has 10 nitrogen and oxygen atoms in total. The van der Waals surface area contributed by atoms with E-state index in [4.69, 9.17) is 28.4 Å². The number of rotatable bonds is 7. The van der Waals surface area contributed by atoms with Crippen molar-refractivity contribution < 1.29 is 33.2 Å². The van der Waals surface area contributed by atoms with E-state index in [2.05, 4.69) is 4.99 Å². The largest absolute Gasteiger partial charge is 0.493 e. The second-order valence-electron chi connectivity index (χ2n) is 8.37. The van der Waals surface area contributed by atoms with Gasteiger partial charge in [0.15, 0.2) is 27.8 Å². The minimum absolute atomic E-state index is 0.107. The Labute approximate surface area is 222 Å². The van der Waals surface area contributed by atoms with Gasteiger partial charge in [0.05, 0.1) is 49.8 Å². The summed E-state index contributed by atoms with van der Waals surface area (Å²) in [5.74, 6) is 1.98. The molecule has 0 bridgehead atoms. The normalized spacial score (nSPS) is 16.1. The first-order valence-electron chi connectivity index (χ1n) is 11.8. The van der Waals surface area contributed by atoms with Crippen molar-refractivity contribution in [3.63, 3.8) is 0 Å². The Balaban J connectivity index is 1.71. The van der Waals surface area contributed by atoms with Crippen LogP contribution in [-0.4, -0.2) is 45.3 Å². The first-order valence-corrected chi connectivity index (χ1v) is 12.6. The van der Waals surface area contributed by atoms with Crippen LogP contribution in [0, 0.1) is 0 Å². The maximum atomic E-state index is 13.9. The van der Waals surface area contributed by atoms with E-state index >= 15 is 0 Å². The van der Waals surface area contributed by atoms with Crippen LogP contribution in [0.2, 0.25) is 0 Å². The lowest BCUT2D eigenvalue weighted by Gasteiger charge is -2.24. The number of carbonyl (C=O) groups is 1. The highest BCUT2D eigenvalue weighted by atomic mass is 32.1. The molecule has 3 aromatic rings. The first-order chi connectivity index (χ1) is 18.4. The molecule has 198 valence electrons. The molecule has 0 amide bonds. The van der Waals surface area contributed by atoms with Gasteiger partial charge >= 0.3 is 5.97 Å². The molecule has 2 aliphatic rings. The summed E-state index contributed by atoms with van der Waals surface area (Å²) < 4.78 is 34.6. The summed E-state index contributed by atoms with van der Waals surface area (Å²) in [4.78, 5) is 32.0. The highest BCUT2D eigenvalue weighted by Crippen LogP contribution is 2.39. The van der Waals surface area contributed by atoms with E-state index < -0.39 is 12.0 Å². The number of hydrogen-bond donors (Lipinski definition) is 0. The van der Waals surface area contributed by atoms with Crippen LogP contribution < -0.4 is 38.6 Å². The summed E-state index contributed by atoms with van der Waals surface area (Å²) in [7, 11) is 4.58. The number of nitrogens with zero attached hydrogens (tertiary/aromatic N) is 2. The van der Waals surface area contributed by atoms with Crippen LogP contribution in [0.5, 0.6) is 28.7 Å². The Morgan fingerprint density at radius 1 is 1.11 bits per heavy atom. The number of fused-ring (bicyclic) bond motifs is 2. The molecule has 1 aromatic heterocycles. The van der Waals surface area contributed by atoms with Gasteiger partial charge < -0.3 is 28.4 Å². The van der Waals surface area contributed by atoms with Crippen molar-refractivity contribution in [3.8, 4) is 28.7 Å². The van der Waals surface area contributed by atoms with Crippen LogP contribution in [0.25, 0.3) is 6.08 Å². The van der Waals surface area contributed by atoms with Crippen molar-refractivity contribution in [1.82, 2.24) is 4.57 Å². The molecule has 3 heterocycles. The van der Waals surface area contributed by atoms with Crippen LogP contribution in [0.4, 0.5) is 0 Å². The van der Waals surface area contributed by atoms with Gasteiger partial charge in [-0.3, -0.25) is 9.36 Å². The van der Waals surface area contributed by atoms with Crippen molar-refractivity contribution >= 4 is 23.4 Å². The first kappa shape index (κ1) is 25.4. The van der Waals surface area contributed by atoms with Gasteiger partial charge in [0.1, 0.15) is 0 Å². The van der Waals surface area contributed by atoms with Gasteiger partial charge in [-0.1, -0.05) is 17.4 Å². The zero-order valence-electron chi connectivity index (χ0n) is 21.5. The summed E-state index contributed by atoms with van der Waals surface area (Å²) in [6, 6.07) is 8.10. The van der Waals surface area contributed by atoms with Crippen molar-refractivity contribution in [2.75, 3.05) is 34.7 Å². The van der Waals surface area contributed by atoms with Crippen molar-refractivity contribution in [3.05, 3.63) is 72.4 Å². The number of allylic oxidation sites excluding steroid dienone is 1. The quantitative estimate of drug-likeness (QED) is 0.423. The highest BCUT2D eigenvalue weighted by molar-refractivity contribution is 7.07. The number of hydrogen-bond acceptors (Lipinski definition) is 10. The van der Waals surface area contributed by atoms with E-state index in [1.54, 1.807) is 44.2 Å². The van der Waals surface area contributed by atoms with Gasteiger partial charge in [-0.2, -0.15) is 0 Å². The Kier molecular flexibility index (Phi) is 6.85. The van der Waals surface area contributed by atoms with Crippen molar-refractivity contribution in [2.45, 2.75) is 19.9 Å². The molecule has 0 saturated heterocycles. The molecule has 11 heteroatoms. The number of carbonyl (C=O) groups excluding carboxylic acids is 1. The van der Waals surface area contributed by atoms with Crippen LogP contribution in [0.1, 0.15) is 31.0 Å². The van der Waals surface area contributed by atoms with Crippen LogP contribution in [0.15, 0.2) is 51.4 Å². The van der Waals surface area contributed by atoms with Crippen molar-refractivity contribution in [2.24, 2.45) is 4.99 Å². The molecule has 2 aromatic carbocycles. The molecule has 1 unspecified atom stereocenters. The molecule has 5 rings (SSSR count). The van der Waals surface area contributed by atoms with Gasteiger partial charge in [0, 0.05) is 0 Å². The van der Waals surface area contributed by atoms with Gasteiger partial charge in [-0.25, -0.2) is 9.79 Å². The molecule has 38 heavy (non-hydrogen) atoms. The maximum Gasteiger partial charge on any atom is 0.338 e. The highest BCUT2D eigenvalue weighted by Gasteiger charge is 2.34. The number of thiazole rings is 1. The summed E-state index contributed by atoms with van der Waals surface area (Å²) in [6.07, 6.45) is 1.73. The Hall–Kier alpha value is -4.25. The maximum absolute atomic E-state index is 13.9. The number of benzene rings is 2. The number of esters is 1. The number of methoxy groups -OCH3 is 3. The zero-order chi connectivity index (χ0) is 27.0. The predicted molar refractivity (Wildman–Crippen MR) is 139 cm³/mol. The summed E-state index contributed by atoms with van der Waals surface area (Å²) in [5, 5.41) is 0. The van der Waals surface area contributed by atoms with Gasteiger partial charge in [-0.05, 0) is 55.3 Å². The third-order valence-electron chi connectivity index (χ3n) is 6.21. The van der Waals surface area contributed by atoms with E-state index in [1.165, 1.54) is 37.2 Å². The van der Waals surface area contributed by atoms with E-state index in [9.17, 15) is 9.59 Å². The minimum atomic E-state index is -0.762. The summed E-state index contributed by atoms with van der Waals surface area (Å²) in [5.41, 5.74) is 1.81. The van der Waals surface area contributed by atoms with Crippen LogP contribution >= 0.6 is 11.3 Å². The second kappa shape index (κ2) is 10.3. The standard InChI is InChI=1S/C27H26N2O8S/c1-6-35-26(31)22-14(2)28-27-29(23(22)16-7-8-17-18(12-16)37-13-36-17)25(30)21(38-27)11-15-9-19(32-3)24(34-5)20(10-15)33-4/h7-12,23H,6,13H2,1-5H3/b21-11+. The SMILES string of the molecule is CCOC(=O)C1=C(C)N=c2s/c(=C/c3cc(OC)c(OC)c(OC)c3)c(=O)n2C1c1ccc2c(c1)OCO2. The average molecular weight is 539 g/mol. The topological polar surface area (TPSA) is 107 Å². The molecule has 1 atom stereocenters. The molecular formula is C27H26N2O8S. The fourth-order valence-electron chi connectivity index (χ4n) is 4.53. The zero-order valence-corrected chi connectivity index (χ0v) is 22.3. The lowest BCUT2D eigenvalue weighted by atomic mass is 9.95. The molecule has 0 aliphatic carbocycles. The van der Waals surface area contributed by atoms with Gasteiger partial charge in [-0.15, -0.1) is 0 Å². The summed E-state index contributed by atoms with van der Waals surface area (Å²) in [6.45, 7) is 3.77. The monoisotopic (exact) mass is 538 g/mol. The lowest BCUT2D eigenvalue weighted by Crippen LogP contribution is -2.39. The third-order valence-corrected chi connectivity index (χ3v) is 7.20. The van der Waals surface area contributed by atoms with E-state index in [-0.39, 0.29) is 24.5 Å². The Morgan fingerprint density at radius 2 is 1.82 bits per heavy atom. The fourth-order valence-corrected chi connectivity index (χ4v) is 5.57. The van der Waals surface area contributed by atoms with E-state index in [0.717, 1.165) is 0 Å². The molecule has 0 fully saturated rings. The number of aromatic nitrogens is 1. The predicted octanol–water partition coefficient (Wildman–Crippen LogP) is 2.55. The Morgan fingerprint density at radius 3 is 2.47 bits per heavy atom. The molecule has 0 saturated carbocycles. The van der Waals surface area contributed by atoms with E-state index in [0.29, 0.717) is 54.9 Å². The molecule has 2 aliphatic heterocycles. The van der Waals surface area contributed by atoms with Crippen LogP contribution in [-0.2, 0) is 9.53 Å². The molecule has 0 N–H and O–H groups in total. The molecule has 0 spiro atoms. The smallest absolute Gasteiger partial charge is 0.338 e. The molecule has 0 radical (unpaired) electrons. The third kappa shape index (κ3) is 4.28. The Bertz CT molecular complexity index is 1610. The van der Waals surface area contributed by atoms with Crippen LogP contribution in [0.3, 0.4) is 0 Å². The minimum Gasteiger partial charge on any atom is -0.493 e. The van der Waals surface area contributed by atoms with Gasteiger partial charge in [0.2, 0.25) is 12.5 Å². The molecular weight excluding hydrogens is 512 g/mol. The second-order valence-corrected chi connectivity index (χ2v) is 9.38. The van der Waals surface area contributed by atoms with Gasteiger partial charge in [0.25, 0.3) is 5.56 Å². The lowest BCUT2D eigenvalue weighted by molar-refractivity contribution is -0.139. The van der Waals surface area contributed by atoms with E-state index in [1.807, 2.05) is 6.07 Å². The summed E-state index contributed by atoms with van der Waals surface area (Å²) >= 11 is 1.22.